The van der Waals surface area contributed by atoms with Crippen molar-refractivity contribution in [2.45, 2.75) is 0 Å². The van der Waals surface area contributed by atoms with E-state index in [9.17, 15) is 0 Å². The molecule has 0 radical (unpaired) electrons. The van der Waals surface area contributed by atoms with Crippen molar-refractivity contribution in [2.24, 2.45) is 0 Å². The smallest absolute Gasteiger partial charge is 0.103 e. The van der Waals surface area contributed by atoms with E-state index in [2.05, 4.69) is 9.97 Å². The predicted molar refractivity (Wildman–Crippen MR) is 63.3 cm³/mol. The van der Waals surface area contributed by atoms with Crippen LogP contribution in [0.3, 0.4) is 0 Å². The third-order valence-corrected chi connectivity index (χ3v) is 1.87. The second kappa shape index (κ2) is 6.23. The van der Waals surface area contributed by atoms with E-state index in [0.717, 1.165) is 9.28 Å². The molecular weight excluding hydrogens is 212 g/mol. The van der Waals surface area contributed by atoms with E-state index in [0.29, 0.717) is 0 Å². The van der Waals surface area contributed by atoms with Gasteiger partial charge in [0, 0.05) is 12.4 Å². The molecule has 0 aromatic carbocycles. The number of aromatic amines is 2. The first-order chi connectivity index (χ1) is 6.79. The minimum absolute atomic E-state index is 0.780. The average Bonchev–Trinajstić information content (AvgIpc) is 2.21. The molecule has 2 aromatic rings. The van der Waals surface area contributed by atoms with Gasteiger partial charge < -0.3 is 9.97 Å². The molecule has 72 valence electrons. The molecule has 0 saturated heterocycles. The van der Waals surface area contributed by atoms with E-state index in [-0.39, 0.29) is 0 Å². The summed E-state index contributed by atoms with van der Waals surface area (Å²) in [5.41, 5.74) is 0. The molecule has 0 aliphatic carbocycles. The first kappa shape index (κ1) is 10.8. The van der Waals surface area contributed by atoms with Crippen LogP contribution >= 0.6 is 24.4 Å². The second-order valence-electron chi connectivity index (χ2n) is 2.45. The highest BCUT2D eigenvalue weighted by Crippen LogP contribution is 1.81. The summed E-state index contributed by atoms with van der Waals surface area (Å²) in [7, 11) is 0. The number of hydrogen-bond acceptors (Lipinski definition) is 2. The Morgan fingerprint density at radius 3 is 1.29 bits per heavy atom. The van der Waals surface area contributed by atoms with Crippen molar-refractivity contribution in [1.29, 1.82) is 0 Å². The molecule has 0 fully saturated rings. The van der Waals surface area contributed by atoms with E-state index in [1.165, 1.54) is 0 Å². The summed E-state index contributed by atoms with van der Waals surface area (Å²) in [6.07, 6.45) is 3.62. The Kier molecular flexibility index (Phi) is 4.82. The van der Waals surface area contributed by atoms with Gasteiger partial charge in [-0.05, 0) is 24.3 Å². The molecule has 0 unspecified atom stereocenters. The number of hydrogen-bond donors (Lipinski definition) is 2. The molecule has 4 heteroatoms. The van der Waals surface area contributed by atoms with Crippen LogP contribution in [-0.2, 0) is 0 Å². The van der Waals surface area contributed by atoms with Gasteiger partial charge in [-0.15, -0.1) is 0 Å². The Hall–Kier alpha value is -1.26. The van der Waals surface area contributed by atoms with Crippen molar-refractivity contribution in [1.82, 2.24) is 9.97 Å². The van der Waals surface area contributed by atoms with Gasteiger partial charge in [0.15, 0.2) is 0 Å². The normalized spacial score (nSPS) is 8.57. The average molecular weight is 222 g/mol. The molecule has 0 aliphatic heterocycles. The van der Waals surface area contributed by atoms with E-state index in [1.54, 1.807) is 0 Å². The number of nitrogens with one attached hydrogen (secondary N) is 2. The minimum atomic E-state index is 0.780. The van der Waals surface area contributed by atoms with E-state index >= 15 is 0 Å². The highest BCUT2D eigenvalue weighted by atomic mass is 32.1. The van der Waals surface area contributed by atoms with Crippen molar-refractivity contribution in [3.63, 3.8) is 0 Å². The highest BCUT2D eigenvalue weighted by Gasteiger charge is 1.66. The van der Waals surface area contributed by atoms with E-state index in [1.807, 2.05) is 48.8 Å². The van der Waals surface area contributed by atoms with Gasteiger partial charge in [-0.25, -0.2) is 0 Å². The summed E-state index contributed by atoms with van der Waals surface area (Å²) in [4.78, 5) is 5.69. The lowest BCUT2D eigenvalue weighted by atomic mass is 10.5. The van der Waals surface area contributed by atoms with Gasteiger partial charge in [0.25, 0.3) is 0 Å². The standard InChI is InChI=1S/2C5H5NS/c2*7-5-3-1-2-4-6-5/h2*1-4H,(H,6,7). The van der Waals surface area contributed by atoms with Gasteiger partial charge in [0.1, 0.15) is 9.28 Å². The molecule has 2 rings (SSSR count). The Morgan fingerprint density at radius 1 is 0.714 bits per heavy atom. The van der Waals surface area contributed by atoms with E-state index in [4.69, 9.17) is 24.4 Å². The molecule has 0 aliphatic rings. The van der Waals surface area contributed by atoms with Crippen LogP contribution in [0.2, 0.25) is 0 Å². The van der Waals surface area contributed by atoms with Crippen LogP contribution in [0.15, 0.2) is 48.8 Å². The molecule has 2 heterocycles. The first-order valence-electron chi connectivity index (χ1n) is 4.06. The Bertz CT molecular complexity index is 393. The van der Waals surface area contributed by atoms with Gasteiger partial charge in [-0.1, -0.05) is 36.6 Å². The van der Waals surface area contributed by atoms with Gasteiger partial charge >= 0.3 is 0 Å². The highest BCUT2D eigenvalue weighted by molar-refractivity contribution is 7.71. The predicted octanol–water partition coefficient (Wildman–Crippen LogP) is 3.49. The molecule has 2 nitrogen and oxygen atoms in total. The molecule has 0 spiro atoms. The van der Waals surface area contributed by atoms with Crippen LogP contribution in [0.4, 0.5) is 0 Å². The fourth-order valence-electron chi connectivity index (χ4n) is 0.754. The summed E-state index contributed by atoms with van der Waals surface area (Å²) in [6, 6.07) is 11.3. The summed E-state index contributed by atoms with van der Waals surface area (Å²) >= 11 is 9.51. The first-order valence-corrected chi connectivity index (χ1v) is 4.88. The van der Waals surface area contributed by atoms with Crippen LogP contribution in [0.25, 0.3) is 0 Å². The van der Waals surface area contributed by atoms with Crippen molar-refractivity contribution >= 4 is 24.4 Å². The quantitative estimate of drug-likeness (QED) is 0.669. The van der Waals surface area contributed by atoms with Gasteiger partial charge in [0.2, 0.25) is 0 Å². The third kappa shape index (κ3) is 4.69. The van der Waals surface area contributed by atoms with Crippen LogP contribution in [-0.4, -0.2) is 9.97 Å². The number of H-pyrrole nitrogens is 2. The Morgan fingerprint density at radius 2 is 1.14 bits per heavy atom. The zero-order valence-corrected chi connectivity index (χ0v) is 9.07. The molecule has 0 bridgehead atoms. The fraction of sp³-hybridized carbons (Fsp3) is 0. The molecule has 0 amide bonds. The van der Waals surface area contributed by atoms with E-state index < -0.39 is 0 Å². The maximum Gasteiger partial charge on any atom is 0.103 e. The molecule has 0 saturated carbocycles. The number of pyridine rings is 2. The maximum atomic E-state index is 4.76. The SMILES string of the molecule is S=c1cccc[nH]1.S=c1cccc[nH]1. The van der Waals surface area contributed by atoms with Crippen LogP contribution in [0.5, 0.6) is 0 Å². The summed E-state index contributed by atoms with van der Waals surface area (Å²) < 4.78 is 1.56. The van der Waals surface area contributed by atoms with Crippen LogP contribution < -0.4 is 0 Å². The zero-order chi connectivity index (χ0) is 10.2. The summed E-state index contributed by atoms with van der Waals surface area (Å²) in [5.74, 6) is 0. The monoisotopic (exact) mass is 222 g/mol. The van der Waals surface area contributed by atoms with Crippen LogP contribution in [0.1, 0.15) is 0 Å². The summed E-state index contributed by atoms with van der Waals surface area (Å²) in [5, 5.41) is 0. The van der Waals surface area contributed by atoms with Crippen LogP contribution in [0, 0.1) is 9.28 Å². The fourth-order valence-corrected chi connectivity index (χ4v) is 1.05. The maximum absolute atomic E-state index is 4.76. The second-order valence-corrected chi connectivity index (χ2v) is 3.33. The number of aromatic nitrogens is 2. The molecule has 2 N–H and O–H groups in total. The Labute approximate surface area is 92.7 Å². The van der Waals surface area contributed by atoms with Crippen molar-refractivity contribution < 1.29 is 0 Å². The van der Waals surface area contributed by atoms with Gasteiger partial charge in [-0.3, -0.25) is 0 Å². The minimum Gasteiger partial charge on any atom is -0.353 e. The van der Waals surface area contributed by atoms with Gasteiger partial charge in [0.05, 0.1) is 0 Å². The lowest BCUT2D eigenvalue weighted by Crippen LogP contribution is -1.64. The topological polar surface area (TPSA) is 31.6 Å². The van der Waals surface area contributed by atoms with Crippen molar-refractivity contribution in [3.8, 4) is 0 Å². The van der Waals surface area contributed by atoms with Crippen molar-refractivity contribution in [2.75, 3.05) is 0 Å². The largest absolute Gasteiger partial charge is 0.353 e. The summed E-state index contributed by atoms with van der Waals surface area (Å²) in [6.45, 7) is 0. The lowest BCUT2D eigenvalue weighted by Gasteiger charge is -1.76. The Balaban J connectivity index is 0.000000140. The third-order valence-electron chi connectivity index (χ3n) is 1.36. The zero-order valence-electron chi connectivity index (χ0n) is 7.44. The molecule has 14 heavy (non-hydrogen) atoms. The van der Waals surface area contributed by atoms with Gasteiger partial charge in [-0.2, -0.15) is 0 Å². The number of rotatable bonds is 0. The lowest BCUT2D eigenvalue weighted by molar-refractivity contribution is 1.30. The molecule has 2 aromatic heterocycles. The van der Waals surface area contributed by atoms with Crippen molar-refractivity contribution in [3.05, 3.63) is 58.1 Å². The molecule has 0 atom stereocenters. The molecular formula is C10H10N2S2.